The van der Waals surface area contributed by atoms with Gasteiger partial charge in [0.1, 0.15) is 5.82 Å². The van der Waals surface area contributed by atoms with Crippen molar-refractivity contribution in [3.63, 3.8) is 0 Å². The number of aromatic amines is 1. The summed E-state index contributed by atoms with van der Waals surface area (Å²) < 4.78 is 0. The van der Waals surface area contributed by atoms with Crippen LogP contribution in [-0.4, -0.2) is 57.0 Å². The van der Waals surface area contributed by atoms with Crippen LogP contribution < -0.4 is 5.56 Å². The Labute approximate surface area is 170 Å². The molecule has 4 heterocycles. The molecule has 1 atom stereocenters. The lowest BCUT2D eigenvalue weighted by Crippen LogP contribution is -2.49. The molecule has 0 amide bonds. The third kappa shape index (κ3) is 3.99. The Morgan fingerprint density at radius 2 is 2.00 bits per heavy atom. The first kappa shape index (κ1) is 18.2. The summed E-state index contributed by atoms with van der Waals surface area (Å²) in [4.78, 5) is 29.1. The van der Waals surface area contributed by atoms with E-state index in [9.17, 15) is 4.79 Å². The quantitative estimate of drug-likeness (QED) is 0.746. The summed E-state index contributed by atoms with van der Waals surface area (Å²) in [5, 5.41) is 0. The molecule has 1 N–H and O–H groups in total. The van der Waals surface area contributed by atoms with Gasteiger partial charge in [-0.25, -0.2) is 4.98 Å². The summed E-state index contributed by atoms with van der Waals surface area (Å²) in [6.07, 6.45) is 6.10. The van der Waals surface area contributed by atoms with Crippen LogP contribution in [0.2, 0.25) is 0 Å². The van der Waals surface area contributed by atoms with Gasteiger partial charge in [0.2, 0.25) is 0 Å². The van der Waals surface area contributed by atoms with Crippen LogP contribution in [-0.2, 0) is 6.54 Å². The van der Waals surface area contributed by atoms with Crippen molar-refractivity contribution in [2.24, 2.45) is 0 Å². The molecule has 0 aliphatic carbocycles. The van der Waals surface area contributed by atoms with Crippen molar-refractivity contribution in [3.8, 4) is 22.6 Å². The van der Waals surface area contributed by atoms with Crippen LogP contribution in [0.3, 0.4) is 0 Å². The largest absolute Gasteiger partial charge is 0.306 e. The van der Waals surface area contributed by atoms with Crippen LogP contribution in [0.25, 0.3) is 22.6 Å². The lowest BCUT2D eigenvalue weighted by Gasteiger charge is -2.37. The molecule has 148 valence electrons. The van der Waals surface area contributed by atoms with E-state index < -0.39 is 0 Å². The Kier molecular flexibility index (Phi) is 4.96. The van der Waals surface area contributed by atoms with E-state index in [2.05, 4.69) is 36.9 Å². The first-order chi connectivity index (χ1) is 14.2. The molecule has 1 unspecified atom stereocenters. The second-order valence-corrected chi connectivity index (χ2v) is 7.99. The summed E-state index contributed by atoms with van der Waals surface area (Å²) >= 11 is 0. The highest BCUT2D eigenvalue weighted by atomic mass is 16.1. The molecule has 0 radical (unpaired) electrons. The van der Waals surface area contributed by atoms with Crippen molar-refractivity contribution >= 4 is 0 Å². The highest BCUT2D eigenvalue weighted by Gasteiger charge is 2.30. The van der Waals surface area contributed by atoms with Crippen molar-refractivity contribution in [1.29, 1.82) is 0 Å². The van der Waals surface area contributed by atoms with Crippen LogP contribution in [0, 0.1) is 0 Å². The van der Waals surface area contributed by atoms with Crippen LogP contribution >= 0.6 is 0 Å². The summed E-state index contributed by atoms with van der Waals surface area (Å²) in [6, 6.07) is 14.4. The van der Waals surface area contributed by atoms with Gasteiger partial charge in [-0.1, -0.05) is 18.2 Å². The Morgan fingerprint density at radius 3 is 2.90 bits per heavy atom. The summed E-state index contributed by atoms with van der Waals surface area (Å²) in [5.74, 6) is 0.596. The van der Waals surface area contributed by atoms with Gasteiger partial charge < -0.3 is 4.98 Å². The minimum atomic E-state index is -0.156. The first-order valence-corrected chi connectivity index (χ1v) is 10.3. The van der Waals surface area contributed by atoms with E-state index in [1.165, 1.54) is 37.6 Å². The van der Waals surface area contributed by atoms with Gasteiger partial charge in [0.25, 0.3) is 5.56 Å². The average Bonchev–Trinajstić information content (AvgIpc) is 3.22. The van der Waals surface area contributed by atoms with Gasteiger partial charge in [-0.2, -0.15) is 0 Å². The molecular weight excluding hydrogens is 362 g/mol. The van der Waals surface area contributed by atoms with E-state index >= 15 is 0 Å². The number of nitrogens with one attached hydrogen (secondary N) is 1. The molecule has 0 bridgehead atoms. The predicted molar refractivity (Wildman–Crippen MR) is 113 cm³/mol. The highest BCUT2D eigenvalue weighted by Crippen LogP contribution is 2.24. The number of H-pyrrole nitrogens is 1. The van der Waals surface area contributed by atoms with Crippen molar-refractivity contribution in [3.05, 3.63) is 70.8 Å². The lowest BCUT2D eigenvalue weighted by molar-refractivity contribution is 0.0994. The van der Waals surface area contributed by atoms with E-state index in [4.69, 9.17) is 0 Å². The van der Waals surface area contributed by atoms with E-state index in [0.717, 1.165) is 36.8 Å². The average molecular weight is 387 g/mol. The molecule has 2 fully saturated rings. The number of benzene rings is 1. The van der Waals surface area contributed by atoms with E-state index in [1.807, 2.05) is 24.3 Å². The molecule has 0 spiro atoms. The summed E-state index contributed by atoms with van der Waals surface area (Å²) in [7, 11) is 0. The zero-order valence-electron chi connectivity index (χ0n) is 16.4. The zero-order valence-corrected chi connectivity index (χ0v) is 16.4. The normalized spacial score (nSPS) is 19.9. The number of rotatable bonds is 4. The number of aromatic nitrogens is 3. The van der Waals surface area contributed by atoms with Crippen molar-refractivity contribution in [2.45, 2.75) is 25.4 Å². The second kappa shape index (κ2) is 7.89. The first-order valence-electron chi connectivity index (χ1n) is 10.3. The molecule has 2 aliphatic heterocycles. The van der Waals surface area contributed by atoms with Crippen molar-refractivity contribution in [1.82, 2.24) is 24.8 Å². The maximum Gasteiger partial charge on any atom is 0.251 e. The van der Waals surface area contributed by atoms with Crippen LogP contribution in [0.4, 0.5) is 0 Å². The SMILES string of the molecule is O=c1cc(-c2cccnc2)nc(-c2cccc(CN3CCN4CCCC4C3)c2)[nH]1. The molecule has 1 aromatic carbocycles. The number of piperazine rings is 1. The number of nitrogens with zero attached hydrogens (tertiary/aromatic N) is 4. The van der Waals surface area contributed by atoms with Gasteiger partial charge in [0.15, 0.2) is 0 Å². The van der Waals surface area contributed by atoms with Crippen LogP contribution in [0.1, 0.15) is 18.4 Å². The fourth-order valence-electron chi connectivity index (χ4n) is 4.53. The topological polar surface area (TPSA) is 65.1 Å². The minimum absolute atomic E-state index is 0.156. The van der Waals surface area contributed by atoms with E-state index in [-0.39, 0.29) is 5.56 Å². The smallest absolute Gasteiger partial charge is 0.251 e. The van der Waals surface area contributed by atoms with Gasteiger partial charge in [0, 0.05) is 61.8 Å². The van der Waals surface area contributed by atoms with Gasteiger partial charge >= 0.3 is 0 Å². The molecule has 6 heteroatoms. The number of pyridine rings is 1. The Balaban J connectivity index is 1.38. The lowest BCUT2D eigenvalue weighted by atomic mass is 10.1. The number of fused-ring (bicyclic) bond motifs is 1. The predicted octanol–water partition coefficient (Wildman–Crippen LogP) is 2.78. The maximum atomic E-state index is 12.2. The fraction of sp³-hybridized carbons (Fsp3) is 0.348. The molecule has 0 saturated carbocycles. The fourth-order valence-corrected chi connectivity index (χ4v) is 4.53. The van der Waals surface area contributed by atoms with E-state index in [1.54, 1.807) is 12.4 Å². The number of hydrogen-bond donors (Lipinski definition) is 1. The van der Waals surface area contributed by atoms with Crippen LogP contribution in [0.5, 0.6) is 0 Å². The Bertz CT molecular complexity index is 1050. The highest BCUT2D eigenvalue weighted by molar-refractivity contribution is 5.63. The number of hydrogen-bond acceptors (Lipinski definition) is 5. The maximum absolute atomic E-state index is 12.2. The molecule has 2 saturated heterocycles. The molecule has 6 nitrogen and oxygen atoms in total. The van der Waals surface area contributed by atoms with Gasteiger partial charge in [-0.05, 0) is 43.1 Å². The molecule has 29 heavy (non-hydrogen) atoms. The molecule has 2 aromatic heterocycles. The second-order valence-electron chi connectivity index (χ2n) is 7.99. The zero-order chi connectivity index (χ0) is 19.6. The van der Waals surface area contributed by atoms with Crippen molar-refractivity contribution < 1.29 is 0 Å². The molecule has 5 rings (SSSR count). The van der Waals surface area contributed by atoms with E-state index in [0.29, 0.717) is 11.5 Å². The van der Waals surface area contributed by atoms with Gasteiger partial charge in [-0.3, -0.25) is 19.6 Å². The standard InChI is InChI=1S/C23H25N5O/c29-22-13-21(19-6-2-8-24-14-19)25-23(26-22)18-5-1-4-17(12-18)15-27-10-11-28-9-3-7-20(28)16-27/h1-2,4-6,8,12-14,20H,3,7,9-11,15-16H2,(H,25,26,29). The van der Waals surface area contributed by atoms with Crippen LogP contribution in [0.15, 0.2) is 59.7 Å². The summed E-state index contributed by atoms with van der Waals surface area (Å²) in [5.41, 5.74) is 3.51. The Hall–Kier alpha value is -2.83. The minimum Gasteiger partial charge on any atom is -0.306 e. The van der Waals surface area contributed by atoms with Crippen molar-refractivity contribution in [2.75, 3.05) is 26.2 Å². The van der Waals surface area contributed by atoms with Gasteiger partial charge in [-0.15, -0.1) is 0 Å². The van der Waals surface area contributed by atoms with Gasteiger partial charge in [0.05, 0.1) is 5.69 Å². The third-order valence-electron chi connectivity index (χ3n) is 5.98. The third-order valence-corrected chi connectivity index (χ3v) is 5.98. The molecular formula is C23H25N5O. The molecule has 2 aliphatic rings. The summed E-state index contributed by atoms with van der Waals surface area (Å²) in [6.45, 7) is 5.64. The Morgan fingerprint density at radius 1 is 1.07 bits per heavy atom. The molecule has 3 aromatic rings. The monoisotopic (exact) mass is 387 g/mol.